The minimum atomic E-state index is -0.568. The first-order chi connectivity index (χ1) is 18.5. The normalized spacial score (nSPS) is 20.4. The first kappa shape index (κ1) is 24.3. The third-order valence-electron chi connectivity index (χ3n) is 8.08. The summed E-state index contributed by atoms with van der Waals surface area (Å²) in [6.07, 6.45) is 0.748. The van der Waals surface area contributed by atoms with Gasteiger partial charge in [0.25, 0.3) is 5.91 Å². The lowest BCUT2D eigenvalue weighted by Gasteiger charge is -2.47. The summed E-state index contributed by atoms with van der Waals surface area (Å²) in [5.74, 6) is 0.0333. The zero-order valence-corrected chi connectivity index (χ0v) is 21.5. The Bertz CT molecular complexity index is 1380. The molecule has 38 heavy (non-hydrogen) atoms. The Kier molecular flexibility index (Phi) is 6.18. The maximum absolute atomic E-state index is 14.4. The van der Waals surface area contributed by atoms with Crippen molar-refractivity contribution in [2.24, 2.45) is 0 Å². The van der Waals surface area contributed by atoms with Crippen LogP contribution in [0.1, 0.15) is 39.0 Å². The van der Waals surface area contributed by atoms with Gasteiger partial charge >= 0.3 is 0 Å². The summed E-state index contributed by atoms with van der Waals surface area (Å²) < 4.78 is 24.5. The number of hydrogen-bond donors (Lipinski definition) is 0. The molecule has 1 saturated heterocycles. The van der Waals surface area contributed by atoms with Crippen LogP contribution in [-0.4, -0.2) is 68.6 Å². The number of halogens is 1. The van der Waals surface area contributed by atoms with E-state index in [9.17, 15) is 14.0 Å². The lowest BCUT2D eigenvalue weighted by atomic mass is 9.75. The van der Waals surface area contributed by atoms with Crippen LogP contribution in [0, 0.1) is 5.82 Å². The SMILES string of the molecule is COc1cc2c(cc1OC)[C@H](C(=O)N1CCN(c3ccc(F)cc3)CC1)[C@@H]1c3ccccc3CCN1C2=O. The molecule has 0 spiro atoms. The van der Waals surface area contributed by atoms with E-state index in [4.69, 9.17) is 9.47 Å². The van der Waals surface area contributed by atoms with E-state index in [-0.39, 0.29) is 23.7 Å². The first-order valence-corrected chi connectivity index (χ1v) is 12.9. The van der Waals surface area contributed by atoms with E-state index in [1.807, 2.05) is 28.0 Å². The predicted molar refractivity (Wildman–Crippen MR) is 141 cm³/mol. The highest BCUT2D eigenvalue weighted by Gasteiger charge is 2.48. The first-order valence-electron chi connectivity index (χ1n) is 12.9. The Balaban J connectivity index is 1.38. The van der Waals surface area contributed by atoms with Gasteiger partial charge in [0, 0.05) is 44.0 Å². The van der Waals surface area contributed by atoms with E-state index in [1.54, 1.807) is 38.5 Å². The second-order valence-corrected chi connectivity index (χ2v) is 9.95. The number of nitrogens with zero attached hydrogens (tertiary/aromatic N) is 3. The molecule has 1 fully saturated rings. The average molecular weight is 516 g/mol. The van der Waals surface area contributed by atoms with Gasteiger partial charge in [-0.15, -0.1) is 0 Å². The minimum absolute atomic E-state index is 0.00331. The molecule has 3 aliphatic heterocycles. The molecule has 7 nitrogen and oxygen atoms in total. The van der Waals surface area contributed by atoms with Crippen molar-refractivity contribution in [3.8, 4) is 11.5 Å². The van der Waals surface area contributed by atoms with Crippen molar-refractivity contribution >= 4 is 17.5 Å². The molecule has 0 unspecified atom stereocenters. The van der Waals surface area contributed by atoms with Gasteiger partial charge in [-0.1, -0.05) is 24.3 Å². The molecule has 6 rings (SSSR count). The number of methoxy groups -OCH3 is 2. The molecule has 3 heterocycles. The zero-order valence-electron chi connectivity index (χ0n) is 21.5. The number of carbonyl (C=O) groups excluding carboxylic acids is 2. The number of amides is 2. The number of fused-ring (bicyclic) bond motifs is 4. The van der Waals surface area contributed by atoms with Crippen molar-refractivity contribution < 1.29 is 23.5 Å². The van der Waals surface area contributed by atoms with E-state index in [0.717, 1.165) is 17.7 Å². The third kappa shape index (κ3) is 3.95. The molecule has 0 radical (unpaired) electrons. The second-order valence-electron chi connectivity index (χ2n) is 9.95. The van der Waals surface area contributed by atoms with Crippen LogP contribution in [0.5, 0.6) is 11.5 Å². The van der Waals surface area contributed by atoms with Gasteiger partial charge in [0.1, 0.15) is 5.82 Å². The van der Waals surface area contributed by atoms with Gasteiger partial charge in [-0.2, -0.15) is 0 Å². The summed E-state index contributed by atoms with van der Waals surface area (Å²) in [7, 11) is 3.10. The summed E-state index contributed by atoms with van der Waals surface area (Å²) in [6.45, 7) is 2.92. The van der Waals surface area contributed by atoms with Gasteiger partial charge in [-0.05, 0) is 59.5 Å². The van der Waals surface area contributed by atoms with Gasteiger partial charge < -0.3 is 24.2 Å². The molecule has 0 N–H and O–H groups in total. The van der Waals surface area contributed by atoms with Crippen LogP contribution in [0.4, 0.5) is 10.1 Å². The van der Waals surface area contributed by atoms with Crippen LogP contribution < -0.4 is 14.4 Å². The fourth-order valence-electron chi connectivity index (χ4n) is 6.15. The Morgan fingerprint density at radius 3 is 2.26 bits per heavy atom. The van der Waals surface area contributed by atoms with Gasteiger partial charge in [0.2, 0.25) is 5.91 Å². The summed E-state index contributed by atoms with van der Waals surface area (Å²) in [5.41, 5.74) is 4.30. The number of benzene rings is 3. The van der Waals surface area contributed by atoms with E-state index in [0.29, 0.717) is 55.3 Å². The third-order valence-corrected chi connectivity index (χ3v) is 8.08. The molecule has 3 aromatic carbocycles. The van der Waals surface area contributed by atoms with E-state index in [2.05, 4.69) is 11.0 Å². The number of ether oxygens (including phenoxy) is 2. The van der Waals surface area contributed by atoms with Crippen LogP contribution in [0.3, 0.4) is 0 Å². The number of piperazine rings is 1. The fourth-order valence-corrected chi connectivity index (χ4v) is 6.15. The number of rotatable bonds is 4. The van der Waals surface area contributed by atoms with Crippen LogP contribution >= 0.6 is 0 Å². The van der Waals surface area contributed by atoms with Crippen LogP contribution in [0.2, 0.25) is 0 Å². The van der Waals surface area contributed by atoms with Crippen molar-refractivity contribution in [3.63, 3.8) is 0 Å². The standard InChI is InChI=1S/C30H30FN3O4/c1-37-25-17-23-24(18-26(25)38-2)29(35)34-12-11-19-5-3-4-6-22(19)28(34)27(23)30(36)33-15-13-32(14-16-33)21-9-7-20(31)8-10-21/h3-10,17-18,27-28H,11-16H2,1-2H3/t27-,28-/m0/s1. The molecule has 2 atom stereocenters. The largest absolute Gasteiger partial charge is 0.493 e. The summed E-state index contributed by atoms with van der Waals surface area (Å²) in [4.78, 5) is 34.1. The molecule has 3 aromatic rings. The Morgan fingerprint density at radius 2 is 1.55 bits per heavy atom. The lowest BCUT2D eigenvalue weighted by Crippen LogP contribution is -2.54. The molecular weight excluding hydrogens is 485 g/mol. The maximum Gasteiger partial charge on any atom is 0.254 e. The highest BCUT2D eigenvalue weighted by Crippen LogP contribution is 2.49. The summed E-state index contributed by atoms with van der Waals surface area (Å²) in [5, 5.41) is 0. The van der Waals surface area contributed by atoms with Gasteiger partial charge in [0.15, 0.2) is 11.5 Å². The molecule has 0 saturated carbocycles. The Morgan fingerprint density at radius 1 is 0.868 bits per heavy atom. The lowest BCUT2D eigenvalue weighted by molar-refractivity contribution is -0.135. The molecular formula is C30H30FN3O4. The molecule has 196 valence electrons. The van der Waals surface area contributed by atoms with E-state index >= 15 is 0 Å². The monoisotopic (exact) mass is 515 g/mol. The Hall–Kier alpha value is -4.07. The molecule has 8 heteroatoms. The smallest absolute Gasteiger partial charge is 0.254 e. The van der Waals surface area contributed by atoms with E-state index in [1.165, 1.54) is 17.7 Å². The van der Waals surface area contributed by atoms with Crippen molar-refractivity contribution in [1.82, 2.24) is 9.80 Å². The molecule has 0 bridgehead atoms. The van der Waals surface area contributed by atoms with Crippen LogP contribution in [0.25, 0.3) is 0 Å². The second kappa shape index (κ2) is 9.67. The van der Waals surface area contributed by atoms with Gasteiger partial charge in [0.05, 0.1) is 26.2 Å². The van der Waals surface area contributed by atoms with Crippen molar-refractivity contribution in [2.45, 2.75) is 18.4 Å². The van der Waals surface area contributed by atoms with Crippen LogP contribution in [-0.2, 0) is 11.2 Å². The number of anilines is 1. The number of hydrogen-bond acceptors (Lipinski definition) is 5. The number of carbonyl (C=O) groups is 2. The summed E-state index contributed by atoms with van der Waals surface area (Å²) in [6, 6.07) is 17.7. The molecule has 0 aliphatic carbocycles. The van der Waals surface area contributed by atoms with Crippen molar-refractivity contribution in [1.29, 1.82) is 0 Å². The highest BCUT2D eigenvalue weighted by atomic mass is 19.1. The van der Waals surface area contributed by atoms with Gasteiger partial charge in [-0.25, -0.2) is 4.39 Å². The van der Waals surface area contributed by atoms with Crippen molar-refractivity contribution in [3.05, 3.63) is 88.7 Å². The Labute approximate surface area is 221 Å². The summed E-state index contributed by atoms with van der Waals surface area (Å²) >= 11 is 0. The van der Waals surface area contributed by atoms with Gasteiger partial charge in [-0.3, -0.25) is 9.59 Å². The molecule has 3 aliphatic rings. The van der Waals surface area contributed by atoms with E-state index < -0.39 is 5.92 Å². The van der Waals surface area contributed by atoms with Crippen LogP contribution in [0.15, 0.2) is 60.7 Å². The fraction of sp³-hybridized carbons (Fsp3) is 0.333. The molecule has 2 amide bonds. The predicted octanol–water partition coefficient (Wildman–Crippen LogP) is 4.03. The average Bonchev–Trinajstić information content (AvgIpc) is 2.97. The zero-order chi connectivity index (χ0) is 26.4. The molecule has 0 aromatic heterocycles. The van der Waals surface area contributed by atoms with Crippen molar-refractivity contribution in [2.75, 3.05) is 51.8 Å². The topological polar surface area (TPSA) is 62.3 Å². The highest BCUT2D eigenvalue weighted by molar-refractivity contribution is 6.02. The quantitative estimate of drug-likeness (QED) is 0.525. The minimum Gasteiger partial charge on any atom is -0.493 e. The maximum atomic E-state index is 14.4.